The van der Waals surface area contributed by atoms with Crippen LogP contribution in [0.5, 0.6) is 0 Å². The van der Waals surface area contributed by atoms with Crippen molar-refractivity contribution in [3.8, 4) is 11.5 Å². The number of furan rings is 1. The highest BCUT2D eigenvalue weighted by atomic mass is 79.9. The Balaban J connectivity index is 2.34. The van der Waals surface area contributed by atoms with E-state index in [-0.39, 0.29) is 0 Å². The lowest BCUT2D eigenvalue weighted by molar-refractivity contribution is 0.554. The summed E-state index contributed by atoms with van der Waals surface area (Å²) >= 11 is 3.27. The normalized spacial score (nSPS) is 10.9. The molecule has 5 heteroatoms. The van der Waals surface area contributed by atoms with Crippen LogP contribution in [0.1, 0.15) is 0 Å². The second-order valence-corrected chi connectivity index (χ2v) is 4.35. The summed E-state index contributed by atoms with van der Waals surface area (Å²) in [4.78, 5) is 8.43. The standard InChI is InChI=1S/C12H8BrN3O/c13-10-5-4-9(17-10)12-7-2-1-3-8(14)11(7)15-6-16-12/h1-6H,14H2. The van der Waals surface area contributed by atoms with Gasteiger partial charge in [-0.15, -0.1) is 0 Å². The van der Waals surface area contributed by atoms with Crippen LogP contribution in [-0.4, -0.2) is 9.97 Å². The van der Waals surface area contributed by atoms with Gasteiger partial charge in [-0.25, -0.2) is 9.97 Å². The molecular formula is C12H8BrN3O. The van der Waals surface area contributed by atoms with Gasteiger partial charge >= 0.3 is 0 Å². The fourth-order valence-corrected chi connectivity index (χ4v) is 2.05. The van der Waals surface area contributed by atoms with Gasteiger partial charge in [-0.2, -0.15) is 0 Å². The molecule has 0 bridgehead atoms. The van der Waals surface area contributed by atoms with Crippen molar-refractivity contribution in [2.45, 2.75) is 0 Å². The van der Waals surface area contributed by atoms with Gasteiger partial charge in [0.25, 0.3) is 0 Å². The molecule has 1 aromatic carbocycles. The highest BCUT2D eigenvalue weighted by Crippen LogP contribution is 2.30. The Kier molecular flexibility index (Phi) is 2.33. The van der Waals surface area contributed by atoms with Gasteiger partial charge in [-0.3, -0.25) is 0 Å². The zero-order chi connectivity index (χ0) is 11.8. The van der Waals surface area contributed by atoms with Crippen molar-refractivity contribution in [3.05, 3.63) is 41.3 Å². The minimum atomic E-state index is 0.636. The van der Waals surface area contributed by atoms with Crippen molar-refractivity contribution in [1.82, 2.24) is 9.97 Å². The van der Waals surface area contributed by atoms with Gasteiger partial charge < -0.3 is 10.2 Å². The number of hydrogen-bond acceptors (Lipinski definition) is 4. The number of anilines is 1. The van der Waals surface area contributed by atoms with Gasteiger partial charge in [0.2, 0.25) is 0 Å². The molecule has 0 atom stereocenters. The van der Waals surface area contributed by atoms with Crippen molar-refractivity contribution in [2.24, 2.45) is 0 Å². The predicted molar refractivity (Wildman–Crippen MR) is 69.4 cm³/mol. The van der Waals surface area contributed by atoms with Crippen LogP contribution >= 0.6 is 15.9 Å². The van der Waals surface area contributed by atoms with E-state index in [2.05, 4.69) is 25.9 Å². The largest absolute Gasteiger partial charge is 0.448 e. The number of nitrogen functional groups attached to an aromatic ring is 1. The topological polar surface area (TPSA) is 64.9 Å². The number of benzene rings is 1. The van der Waals surface area contributed by atoms with Crippen molar-refractivity contribution in [3.63, 3.8) is 0 Å². The Hall–Kier alpha value is -1.88. The summed E-state index contributed by atoms with van der Waals surface area (Å²) < 4.78 is 6.17. The molecule has 84 valence electrons. The first-order valence-corrected chi connectivity index (χ1v) is 5.80. The van der Waals surface area contributed by atoms with Crippen molar-refractivity contribution in [1.29, 1.82) is 0 Å². The highest BCUT2D eigenvalue weighted by Gasteiger charge is 2.10. The summed E-state index contributed by atoms with van der Waals surface area (Å²) in [5.74, 6) is 0.690. The molecule has 0 aliphatic rings. The summed E-state index contributed by atoms with van der Waals surface area (Å²) in [5, 5.41) is 0.884. The number of hydrogen-bond donors (Lipinski definition) is 1. The van der Waals surface area contributed by atoms with E-state index < -0.39 is 0 Å². The zero-order valence-corrected chi connectivity index (χ0v) is 10.3. The fraction of sp³-hybridized carbons (Fsp3) is 0. The number of para-hydroxylation sites is 1. The Morgan fingerprint density at radius 2 is 2.00 bits per heavy atom. The first-order valence-electron chi connectivity index (χ1n) is 5.00. The van der Waals surface area contributed by atoms with E-state index in [9.17, 15) is 0 Å². The summed E-state index contributed by atoms with van der Waals surface area (Å²) in [6.45, 7) is 0. The van der Waals surface area contributed by atoms with Crippen molar-refractivity contribution < 1.29 is 4.42 Å². The number of halogens is 1. The lowest BCUT2D eigenvalue weighted by Gasteiger charge is -2.03. The maximum atomic E-state index is 5.88. The third-order valence-corrected chi connectivity index (χ3v) is 2.93. The molecule has 2 aromatic heterocycles. The molecule has 17 heavy (non-hydrogen) atoms. The number of nitrogens with zero attached hydrogens (tertiary/aromatic N) is 2. The van der Waals surface area contributed by atoms with Gasteiger partial charge in [0.05, 0.1) is 11.2 Å². The lowest BCUT2D eigenvalue weighted by atomic mass is 10.1. The van der Waals surface area contributed by atoms with Gasteiger partial charge in [-0.05, 0) is 34.1 Å². The fourth-order valence-electron chi connectivity index (χ4n) is 1.75. The molecule has 0 radical (unpaired) electrons. The van der Waals surface area contributed by atoms with E-state index in [4.69, 9.17) is 10.2 Å². The Labute approximate surface area is 106 Å². The average Bonchev–Trinajstić information content (AvgIpc) is 2.76. The van der Waals surface area contributed by atoms with Crippen LogP contribution in [0, 0.1) is 0 Å². The monoisotopic (exact) mass is 289 g/mol. The maximum absolute atomic E-state index is 5.88. The van der Waals surface area contributed by atoms with Crippen LogP contribution in [-0.2, 0) is 0 Å². The van der Waals surface area contributed by atoms with E-state index in [1.54, 1.807) is 0 Å². The Bertz CT molecular complexity index is 693. The summed E-state index contributed by atoms with van der Waals surface area (Å²) in [6.07, 6.45) is 1.49. The molecule has 0 aliphatic carbocycles. The molecule has 2 N–H and O–H groups in total. The van der Waals surface area contributed by atoms with Gasteiger partial charge in [0.15, 0.2) is 10.4 Å². The lowest BCUT2D eigenvalue weighted by Crippen LogP contribution is -1.92. The highest BCUT2D eigenvalue weighted by molar-refractivity contribution is 9.10. The minimum Gasteiger partial charge on any atom is -0.448 e. The SMILES string of the molecule is Nc1cccc2c(-c3ccc(Br)o3)ncnc12. The van der Waals surface area contributed by atoms with Gasteiger partial charge in [0, 0.05) is 5.39 Å². The second-order valence-electron chi connectivity index (χ2n) is 3.57. The smallest absolute Gasteiger partial charge is 0.169 e. The van der Waals surface area contributed by atoms with E-state index in [1.165, 1.54) is 6.33 Å². The summed E-state index contributed by atoms with van der Waals surface area (Å²) in [7, 11) is 0. The third kappa shape index (κ3) is 1.68. The molecule has 0 saturated heterocycles. The molecule has 0 unspecified atom stereocenters. The quantitative estimate of drug-likeness (QED) is 0.699. The van der Waals surface area contributed by atoms with E-state index in [1.807, 2.05) is 30.3 Å². The molecule has 0 amide bonds. The average molecular weight is 290 g/mol. The Morgan fingerprint density at radius 1 is 1.12 bits per heavy atom. The molecule has 4 nitrogen and oxygen atoms in total. The molecule has 0 fully saturated rings. The molecule has 3 rings (SSSR count). The van der Waals surface area contributed by atoms with Crippen molar-refractivity contribution in [2.75, 3.05) is 5.73 Å². The Morgan fingerprint density at radius 3 is 2.76 bits per heavy atom. The number of rotatable bonds is 1. The van der Waals surface area contributed by atoms with Gasteiger partial charge in [-0.1, -0.05) is 12.1 Å². The number of nitrogens with two attached hydrogens (primary N) is 1. The van der Waals surface area contributed by atoms with Gasteiger partial charge in [0.1, 0.15) is 12.0 Å². The first kappa shape index (κ1) is 10.3. The minimum absolute atomic E-state index is 0.636. The van der Waals surface area contributed by atoms with E-state index in [0.29, 0.717) is 16.1 Å². The maximum Gasteiger partial charge on any atom is 0.169 e. The molecule has 0 spiro atoms. The van der Waals surface area contributed by atoms with E-state index in [0.717, 1.165) is 16.6 Å². The van der Waals surface area contributed by atoms with Crippen molar-refractivity contribution >= 4 is 32.5 Å². The van der Waals surface area contributed by atoms with Crippen LogP contribution in [0.3, 0.4) is 0 Å². The summed E-state index contributed by atoms with van der Waals surface area (Å²) in [6, 6.07) is 9.31. The number of fused-ring (bicyclic) bond motifs is 1. The van der Waals surface area contributed by atoms with E-state index >= 15 is 0 Å². The second kappa shape index (κ2) is 3.85. The third-order valence-electron chi connectivity index (χ3n) is 2.50. The molecular weight excluding hydrogens is 282 g/mol. The number of aromatic nitrogens is 2. The zero-order valence-electron chi connectivity index (χ0n) is 8.72. The molecule has 0 saturated carbocycles. The van der Waals surface area contributed by atoms with Crippen LogP contribution in [0.15, 0.2) is 45.7 Å². The van der Waals surface area contributed by atoms with Crippen LogP contribution in [0.2, 0.25) is 0 Å². The molecule has 2 heterocycles. The van der Waals surface area contributed by atoms with Crippen LogP contribution in [0.25, 0.3) is 22.4 Å². The summed E-state index contributed by atoms with van der Waals surface area (Å²) in [5.41, 5.74) is 8.00. The molecule has 0 aliphatic heterocycles. The van der Waals surface area contributed by atoms with Crippen LogP contribution in [0.4, 0.5) is 5.69 Å². The first-order chi connectivity index (χ1) is 8.25. The van der Waals surface area contributed by atoms with Crippen LogP contribution < -0.4 is 5.73 Å². The predicted octanol–water partition coefficient (Wildman–Crippen LogP) is 3.23. The molecule has 3 aromatic rings.